The number of hydrogen-bond donors (Lipinski definition) is 1. The van der Waals surface area contributed by atoms with E-state index in [9.17, 15) is 14.7 Å². The summed E-state index contributed by atoms with van der Waals surface area (Å²) in [5, 5.41) is 10.5. The number of ether oxygens (including phenoxy) is 1. The van der Waals surface area contributed by atoms with Gasteiger partial charge in [-0.3, -0.25) is 9.59 Å². The molecular formula is C26H42O4. The largest absolute Gasteiger partial charge is 0.469 e. The smallest absolute Gasteiger partial charge is 0.309 e. The van der Waals surface area contributed by atoms with Gasteiger partial charge in [0.05, 0.1) is 19.1 Å². The van der Waals surface area contributed by atoms with Crippen molar-refractivity contribution in [3.05, 3.63) is 12.2 Å². The minimum atomic E-state index is -0.439. The number of methoxy groups -OCH3 is 1. The molecule has 0 saturated heterocycles. The number of esters is 1. The molecule has 0 amide bonds. The minimum absolute atomic E-state index is 0.159. The molecule has 3 aliphatic rings. The Morgan fingerprint density at radius 1 is 1.00 bits per heavy atom. The second-order valence-corrected chi connectivity index (χ2v) is 9.99. The molecule has 2 saturated carbocycles. The third kappa shape index (κ3) is 6.42. The summed E-state index contributed by atoms with van der Waals surface area (Å²) >= 11 is 0. The molecule has 1 N–H and O–H groups in total. The number of Topliss-reactive ketones (excluding diaryl/α,β-unsaturated/α-hetero) is 1. The molecule has 3 aliphatic carbocycles. The number of allylic oxidation sites excluding steroid dienone is 2. The van der Waals surface area contributed by atoms with Crippen molar-refractivity contribution in [1.82, 2.24) is 0 Å². The summed E-state index contributed by atoms with van der Waals surface area (Å²) in [6.45, 7) is 0. The molecule has 0 aromatic rings. The summed E-state index contributed by atoms with van der Waals surface area (Å²) in [5.74, 6) is 2.06. The highest BCUT2D eigenvalue weighted by Gasteiger charge is 2.38. The van der Waals surface area contributed by atoms with Gasteiger partial charge in [0.1, 0.15) is 5.78 Å². The highest BCUT2D eigenvalue weighted by Crippen LogP contribution is 2.44. The maximum Gasteiger partial charge on any atom is 0.309 e. The molecular weight excluding hydrogens is 376 g/mol. The number of rotatable bonds is 10. The lowest BCUT2D eigenvalue weighted by molar-refractivity contribution is -0.147. The molecule has 4 nitrogen and oxygen atoms in total. The van der Waals surface area contributed by atoms with E-state index in [2.05, 4.69) is 12.2 Å². The Balaban J connectivity index is 1.39. The molecule has 0 heterocycles. The molecule has 0 bridgehead atoms. The van der Waals surface area contributed by atoms with Gasteiger partial charge in [-0.05, 0) is 75.5 Å². The minimum Gasteiger partial charge on any atom is -0.469 e. The van der Waals surface area contributed by atoms with Crippen LogP contribution in [0.3, 0.4) is 0 Å². The highest BCUT2D eigenvalue weighted by atomic mass is 16.5. The van der Waals surface area contributed by atoms with Crippen molar-refractivity contribution in [3.63, 3.8) is 0 Å². The van der Waals surface area contributed by atoms with Crippen LogP contribution < -0.4 is 0 Å². The molecule has 6 atom stereocenters. The average Bonchev–Trinajstić information content (AvgIpc) is 2.79. The van der Waals surface area contributed by atoms with Crippen molar-refractivity contribution < 1.29 is 19.4 Å². The number of carbonyl (C=O) groups excluding carboxylic acids is 2. The Labute approximate surface area is 182 Å². The predicted molar refractivity (Wildman–Crippen MR) is 119 cm³/mol. The summed E-state index contributed by atoms with van der Waals surface area (Å²) in [4.78, 5) is 25.1. The molecule has 170 valence electrons. The highest BCUT2D eigenvalue weighted by molar-refractivity contribution is 5.81. The predicted octanol–water partition coefficient (Wildman–Crippen LogP) is 5.62. The van der Waals surface area contributed by atoms with Gasteiger partial charge in [0.15, 0.2) is 0 Å². The van der Waals surface area contributed by atoms with E-state index in [-0.39, 0.29) is 23.7 Å². The van der Waals surface area contributed by atoms with Gasteiger partial charge in [-0.25, -0.2) is 0 Å². The van der Waals surface area contributed by atoms with Gasteiger partial charge in [0.2, 0.25) is 0 Å². The van der Waals surface area contributed by atoms with E-state index in [0.717, 1.165) is 38.0 Å². The van der Waals surface area contributed by atoms with Crippen LogP contribution in [0.1, 0.15) is 96.3 Å². The summed E-state index contributed by atoms with van der Waals surface area (Å²) < 4.78 is 5.02. The number of carbonyl (C=O) groups is 2. The van der Waals surface area contributed by atoms with Crippen LogP contribution in [0.2, 0.25) is 0 Å². The van der Waals surface area contributed by atoms with Gasteiger partial charge in [0, 0.05) is 12.3 Å². The van der Waals surface area contributed by atoms with E-state index in [4.69, 9.17) is 4.74 Å². The number of aliphatic hydroxyl groups excluding tert-OH is 1. The molecule has 3 rings (SSSR count). The van der Waals surface area contributed by atoms with Crippen molar-refractivity contribution >= 4 is 11.8 Å². The monoisotopic (exact) mass is 418 g/mol. The zero-order valence-electron chi connectivity index (χ0n) is 18.9. The Morgan fingerprint density at radius 2 is 1.80 bits per heavy atom. The first-order valence-corrected chi connectivity index (χ1v) is 12.6. The number of aliphatic hydroxyl groups is 1. The Bertz CT molecular complexity index is 582. The van der Waals surface area contributed by atoms with Gasteiger partial charge in [-0.15, -0.1) is 0 Å². The van der Waals surface area contributed by atoms with Crippen LogP contribution in [-0.2, 0) is 14.3 Å². The van der Waals surface area contributed by atoms with Gasteiger partial charge >= 0.3 is 5.97 Å². The third-order valence-corrected chi connectivity index (χ3v) is 8.07. The van der Waals surface area contributed by atoms with Gasteiger partial charge < -0.3 is 9.84 Å². The van der Waals surface area contributed by atoms with Crippen molar-refractivity contribution in [3.8, 4) is 0 Å². The lowest BCUT2D eigenvalue weighted by Crippen LogP contribution is -2.35. The second kappa shape index (κ2) is 12.0. The summed E-state index contributed by atoms with van der Waals surface area (Å²) in [7, 11) is 1.45. The number of hydrogen-bond acceptors (Lipinski definition) is 4. The van der Waals surface area contributed by atoms with Crippen molar-refractivity contribution in [1.29, 1.82) is 0 Å². The van der Waals surface area contributed by atoms with E-state index in [1.54, 1.807) is 0 Å². The zero-order chi connectivity index (χ0) is 21.3. The van der Waals surface area contributed by atoms with Crippen molar-refractivity contribution in [2.24, 2.45) is 29.6 Å². The first kappa shape index (κ1) is 23.5. The third-order valence-electron chi connectivity index (χ3n) is 8.07. The second-order valence-electron chi connectivity index (χ2n) is 9.99. The summed E-state index contributed by atoms with van der Waals surface area (Å²) in [6.07, 6.45) is 19.2. The number of ketones is 1. The van der Waals surface area contributed by atoms with Crippen LogP contribution in [0.25, 0.3) is 0 Å². The number of fused-ring (bicyclic) bond motifs is 1. The van der Waals surface area contributed by atoms with Crippen LogP contribution in [0.4, 0.5) is 0 Å². The van der Waals surface area contributed by atoms with E-state index >= 15 is 0 Å². The van der Waals surface area contributed by atoms with Crippen LogP contribution in [-0.4, -0.2) is 30.1 Å². The van der Waals surface area contributed by atoms with E-state index in [1.165, 1.54) is 45.6 Å². The quantitative estimate of drug-likeness (QED) is 0.369. The zero-order valence-corrected chi connectivity index (χ0v) is 18.9. The lowest BCUT2D eigenvalue weighted by atomic mass is 9.64. The molecule has 6 unspecified atom stereocenters. The molecule has 0 aliphatic heterocycles. The fraction of sp³-hybridized carbons (Fsp3) is 0.846. The molecule has 0 aromatic heterocycles. The van der Waals surface area contributed by atoms with Gasteiger partial charge in [-0.2, -0.15) is 0 Å². The SMILES string of the molecule is COC(=O)C(CCC(O)CCCC(=O)C1CCCC2CCCCC21)C1C=CCCC1. The molecule has 0 spiro atoms. The fourth-order valence-electron chi connectivity index (χ4n) is 6.38. The van der Waals surface area contributed by atoms with Crippen molar-refractivity contribution in [2.75, 3.05) is 7.11 Å². The Kier molecular flexibility index (Phi) is 9.42. The topological polar surface area (TPSA) is 63.6 Å². The Hall–Kier alpha value is -1.16. The lowest BCUT2D eigenvalue weighted by Gasteiger charge is -2.40. The normalized spacial score (nSPS) is 30.9. The van der Waals surface area contributed by atoms with Crippen LogP contribution in [0.15, 0.2) is 12.2 Å². The first-order valence-electron chi connectivity index (χ1n) is 12.6. The van der Waals surface area contributed by atoms with Crippen LogP contribution in [0, 0.1) is 29.6 Å². The van der Waals surface area contributed by atoms with Gasteiger partial charge in [-0.1, -0.05) is 44.3 Å². The van der Waals surface area contributed by atoms with Crippen molar-refractivity contribution in [2.45, 2.75) is 102 Å². The van der Waals surface area contributed by atoms with Crippen LogP contribution >= 0.6 is 0 Å². The first-order chi connectivity index (χ1) is 14.6. The maximum absolute atomic E-state index is 12.9. The summed E-state index contributed by atoms with van der Waals surface area (Å²) in [6, 6.07) is 0. The average molecular weight is 419 g/mol. The molecule has 2 fully saturated rings. The molecule has 30 heavy (non-hydrogen) atoms. The van der Waals surface area contributed by atoms with E-state index < -0.39 is 6.10 Å². The van der Waals surface area contributed by atoms with Gasteiger partial charge in [0.25, 0.3) is 0 Å². The molecule has 0 aromatic carbocycles. The standard InChI is InChI=1S/C26H42O4/c1-30-26(29)23(20-9-3-2-4-10-20)18-17-21(27)13-8-16-25(28)24-15-7-12-19-11-5-6-14-22(19)24/h3,9,19-24,27H,2,4-8,10-18H2,1H3. The van der Waals surface area contributed by atoms with Crippen LogP contribution in [0.5, 0.6) is 0 Å². The molecule has 0 radical (unpaired) electrons. The van der Waals surface area contributed by atoms with E-state index in [1.807, 2.05) is 0 Å². The fourth-order valence-corrected chi connectivity index (χ4v) is 6.38. The molecule has 4 heteroatoms. The maximum atomic E-state index is 12.9. The summed E-state index contributed by atoms with van der Waals surface area (Å²) in [5.41, 5.74) is 0. The Morgan fingerprint density at radius 3 is 2.57 bits per heavy atom. The van der Waals surface area contributed by atoms with E-state index in [0.29, 0.717) is 37.4 Å².